The van der Waals surface area contributed by atoms with E-state index in [1.807, 2.05) is 0 Å². The number of benzene rings is 1. The Labute approximate surface area is 125 Å². The first-order chi connectivity index (χ1) is 10.1. The van der Waals surface area contributed by atoms with Crippen LogP contribution >= 0.6 is 11.3 Å². The van der Waals surface area contributed by atoms with Crippen LogP contribution in [0.15, 0.2) is 30.6 Å². The monoisotopic (exact) mass is 299 g/mol. The van der Waals surface area contributed by atoms with Crippen molar-refractivity contribution in [2.24, 2.45) is 0 Å². The van der Waals surface area contributed by atoms with E-state index in [2.05, 4.69) is 29.1 Å². The van der Waals surface area contributed by atoms with Crippen LogP contribution in [0.3, 0.4) is 0 Å². The zero-order valence-electron chi connectivity index (χ0n) is 11.5. The largest absolute Gasteiger partial charge is 0.478 e. The molecule has 0 amide bonds. The Morgan fingerprint density at radius 2 is 1.90 bits per heavy atom. The highest BCUT2D eigenvalue weighted by Gasteiger charge is 2.12. The van der Waals surface area contributed by atoms with Gasteiger partial charge in [0.1, 0.15) is 17.0 Å². The molecule has 0 spiro atoms. The number of fused-ring (bicyclic) bond motifs is 1. The third kappa shape index (κ3) is 2.45. The van der Waals surface area contributed by atoms with Gasteiger partial charge in [0.25, 0.3) is 0 Å². The zero-order chi connectivity index (χ0) is 15.0. The molecule has 0 aliphatic carbocycles. The average Bonchev–Trinajstić information content (AvgIpc) is 2.76. The van der Waals surface area contributed by atoms with E-state index in [0.717, 1.165) is 21.7 Å². The van der Waals surface area contributed by atoms with Gasteiger partial charge in [-0.3, -0.25) is 0 Å². The molecule has 2 heterocycles. The van der Waals surface area contributed by atoms with Crippen LogP contribution in [0.25, 0.3) is 10.2 Å². The number of hydrogen-bond donors (Lipinski definition) is 2. The number of aryl methyl sites for hydroxylation is 2. The van der Waals surface area contributed by atoms with Gasteiger partial charge in [0.2, 0.25) is 0 Å². The summed E-state index contributed by atoms with van der Waals surface area (Å²) >= 11 is 1.64. The number of anilines is 2. The molecule has 0 aliphatic rings. The Morgan fingerprint density at radius 1 is 1.19 bits per heavy atom. The third-order valence-electron chi connectivity index (χ3n) is 3.36. The minimum Gasteiger partial charge on any atom is -0.478 e. The van der Waals surface area contributed by atoms with Crippen LogP contribution in [0.2, 0.25) is 0 Å². The molecule has 0 aliphatic heterocycles. The Balaban J connectivity index is 2.00. The predicted molar refractivity (Wildman–Crippen MR) is 83.6 cm³/mol. The van der Waals surface area contributed by atoms with Gasteiger partial charge in [0.15, 0.2) is 0 Å². The van der Waals surface area contributed by atoms with Crippen LogP contribution in [-0.4, -0.2) is 21.0 Å². The summed E-state index contributed by atoms with van der Waals surface area (Å²) in [6, 6.07) is 6.58. The lowest BCUT2D eigenvalue weighted by molar-refractivity contribution is 0.0697. The number of carbonyl (C=O) groups is 1. The smallest absolute Gasteiger partial charge is 0.335 e. The van der Waals surface area contributed by atoms with Crippen LogP contribution in [0, 0.1) is 13.8 Å². The molecule has 5 nitrogen and oxygen atoms in total. The lowest BCUT2D eigenvalue weighted by atomic mass is 10.2. The van der Waals surface area contributed by atoms with Crippen molar-refractivity contribution in [3.63, 3.8) is 0 Å². The van der Waals surface area contributed by atoms with Crippen LogP contribution in [0.4, 0.5) is 11.5 Å². The number of rotatable bonds is 3. The molecular formula is C15H13N3O2S. The summed E-state index contributed by atoms with van der Waals surface area (Å²) in [7, 11) is 0. The standard InChI is InChI=1S/C15H13N3O2S/c1-8-9(2)21-14-12(8)13(16-7-17-14)18-11-5-3-10(4-6-11)15(19)20/h3-7H,1-2H3,(H,19,20)(H,16,17,18). The topological polar surface area (TPSA) is 75.1 Å². The summed E-state index contributed by atoms with van der Waals surface area (Å²) in [4.78, 5) is 21.6. The van der Waals surface area contributed by atoms with Gasteiger partial charge in [-0.25, -0.2) is 14.8 Å². The van der Waals surface area contributed by atoms with E-state index in [1.54, 1.807) is 35.6 Å². The normalized spacial score (nSPS) is 10.8. The molecule has 106 valence electrons. The SMILES string of the molecule is Cc1sc2ncnc(Nc3ccc(C(=O)O)cc3)c2c1C. The molecule has 0 saturated heterocycles. The second-order valence-electron chi connectivity index (χ2n) is 4.69. The summed E-state index contributed by atoms with van der Waals surface area (Å²) in [5.74, 6) is -0.194. The van der Waals surface area contributed by atoms with Crippen LogP contribution in [-0.2, 0) is 0 Å². The molecule has 0 radical (unpaired) electrons. The maximum Gasteiger partial charge on any atom is 0.335 e. The number of nitrogens with one attached hydrogen (secondary N) is 1. The predicted octanol–water partition coefficient (Wildman–Crippen LogP) is 3.75. The first-order valence-electron chi connectivity index (χ1n) is 6.37. The van der Waals surface area contributed by atoms with Crippen molar-refractivity contribution in [2.45, 2.75) is 13.8 Å². The quantitative estimate of drug-likeness (QED) is 0.770. The molecule has 0 unspecified atom stereocenters. The highest BCUT2D eigenvalue weighted by Crippen LogP contribution is 2.33. The molecule has 21 heavy (non-hydrogen) atoms. The first kappa shape index (κ1) is 13.5. The summed E-state index contributed by atoms with van der Waals surface area (Å²) in [6.07, 6.45) is 1.53. The van der Waals surface area contributed by atoms with Gasteiger partial charge in [0, 0.05) is 10.6 Å². The second kappa shape index (κ2) is 5.14. The average molecular weight is 299 g/mol. The fourth-order valence-electron chi connectivity index (χ4n) is 2.11. The van der Waals surface area contributed by atoms with Gasteiger partial charge in [-0.05, 0) is 43.7 Å². The fraction of sp³-hybridized carbons (Fsp3) is 0.133. The number of hydrogen-bond acceptors (Lipinski definition) is 5. The summed E-state index contributed by atoms with van der Waals surface area (Å²) in [5.41, 5.74) is 2.22. The number of nitrogens with zero attached hydrogens (tertiary/aromatic N) is 2. The van der Waals surface area contributed by atoms with Gasteiger partial charge >= 0.3 is 5.97 Å². The van der Waals surface area contributed by atoms with Crippen molar-refractivity contribution in [3.8, 4) is 0 Å². The molecule has 2 N–H and O–H groups in total. The molecule has 3 rings (SSSR count). The molecule has 1 aromatic carbocycles. The van der Waals surface area contributed by atoms with E-state index >= 15 is 0 Å². The maximum absolute atomic E-state index is 10.9. The number of aromatic nitrogens is 2. The summed E-state index contributed by atoms with van der Waals surface area (Å²) < 4.78 is 0. The highest BCUT2D eigenvalue weighted by molar-refractivity contribution is 7.18. The van der Waals surface area contributed by atoms with E-state index in [4.69, 9.17) is 5.11 Å². The van der Waals surface area contributed by atoms with Crippen LogP contribution in [0.5, 0.6) is 0 Å². The molecule has 6 heteroatoms. The fourth-order valence-corrected chi connectivity index (χ4v) is 3.11. The molecule has 3 aromatic rings. The van der Waals surface area contributed by atoms with E-state index < -0.39 is 5.97 Å². The second-order valence-corrected chi connectivity index (χ2v) is 5.90. The molecule has 0 fully saturated rings. The van der Waals surface area contributed by atoms with Crippen LogP contribution in [0.1, 0.15) is 20.8 Å². The summed E-state index contributed by atoms with van der Waals surface area (Å²) in [6.45, 7) is 4.11. The lowest BCUT2D eigenvalue weighted by Gasteiger charge is -2.07. The number of aromatic carboxylic acids is 1. The molecular weight excluding hydrogens is 286 g/mol. The molecule has 0 saturated carbocycles. The van der Waals surface area contributed by atoms with Crippen molar-refractivity contribution in [1.29, 1.82) is 0 Å². The van der Waals surface area contributed by atoms with Crippen molar-refractivity contribution >= 4 is 39.0 Å². The van der Waals surface area contributed by atoms with E-state index in [0.29, 0.717) is 0 Å². The summed E-state index contributed by atoms with van der Waals surface area (Å²) in [5, 5.41) is 13.2. The first-order valence-corrected chi connectivity index (χ1v) is 7.19. The Bertz CT molecular complexity index is 825. The van der Waals surface area contributed by atoms with Crippen molar-refractivity contribution < 1.29 is 9.90 Å². The molecule has 0 atom stereocenters. The van der Waals surface area contributed by atoms with Crippen LogP contribution < -0.4 is 5.32 Å². The highest BCUT2D eigenvalue weighted by atomic mass is 32.1. The van der Waals surface area contributed by atoms with Gasteiger partial charge in [0.05, 0.1) is 10.9 Å². The Kier molecular flexibility index (Phi) is 3.31. The zero-order valence-corrected chi connectivity index (χ0v) is 12.4. The lowest BCUT2D eigenvalue weighted by Crippen LogP contribution is -1.98. The minimum atomic E-state index is -0.935. The van der Waals surface area contributed by atoms with Gasteiger partial charge in [-0.2, -0.15) is 0 Å². The van der Waals surface area contributed by atoms with Gasteiger partial charge < -0.3 is 10.4 Å². The van der Waals surface area contributed by atoms with E-state index in [1.165, 1.54) is 16.8 Å². The van der Waals surface area contributed by atoms with Crippen molar-refractivity contribution in [3.05, 3.63) is 46.6 Å². The number of thiophene rings is 1. The van der Waals surface area contributed by atoms with Crippen molar-refractivity contribution in [2.75, 3.05) is 5.32 Å². The van der Waals surface area contributed by atoms with E-state index in [-0.39, 0.29) is 5.56 Å². The molecule has 2 aromatic heterocycles. The van der Waals surface area contributed by atoms with E-state index in [9.17, 15) is 4.79 Å². The Morgan fingerprint density at radius 3 is 2.57 bits per heavy atom. The minimum absolute atomic E-state index is 0.260. The maximum atomic E-state index is 10.9. The van der Waals surface area contributed by atoms with Gasteiger partial charge in [-0.1, -0.05) is 0 Å². The number of carboxylic acid groups (broad SMARTS) is 1. The molecule has 0 bridgehead atoms. The Hall–Kier alpha value is -2.47. The third-order valence-corrected chi connectivity index (χ3v) is 4.48. The number of carboxylic acids is 1. The van der Waals surface area contributed by atoms with Gasteiger partial charge in [-0.15, -0.1) is 11.3 Å². The van der Waals surface area contributed by atoms with Crippen molar-refractivity contribution in [1.82, 2.24) is 9.97 Å².